The first-order valence-electron chi connectivity index (χ1n) is 18.0. The molecule has 3 fully saturated rings. The first-order valence-corrected chi connectivity index (χ1v) is 18.8. The maximum Gasteiger partial charge on any atom is 0.419 e. The number of halogens is 8. The molecule has 3 saturated heterocycles. The van der Waals surface area contributed by atoms with Crippen LogP contribution in [0.2, 0.25) is 0 Å². The molecule has 2 aromatic carbocycles. The van der Waals surface area contributed by atoms with Crippen molar-refractivity contribution in [2.45, 2.75) is 62.7 Å². The van der Waals surface area contributed by atoms with Gasteiger partial charge in [-0.2, -0.15) is 41.6 Å². The average molecular weight is 821 g/mol. The molecular weight excluding hydrogens is 789 g/mol. The number of nitrogens with zero attached hydrogens (tertiary/aromatic N) is 7. The molecule has 3 aliphatic heterocycles. The van der Waals surface area contributed by atoms with Crippen molar-refractivity contribution >= 4 is 49.1 Å². The van der Waals surface area contributed by atoms with Crippen molar-refractivity contribution in [3.05, 3.63) is 58.7 Å². The van der Waals surface area contributed by atoms with Crippen molar-refractivity contribution < 1.29 is 49.2 Å². The Morgan fingerprint density at radius 1 is 1.16 bits per heavy atom. The summed E-state index contributed by atoms with van der Waals surface area (Å²) >= 11 is 0.520. The van der Waals surface area contributed by atoms with E-state index in [0.29, 0.717) is 30.4 Å². The van der Waals surface area contributed by atoms with Gasteiger partial charge in [0.15, 0.2) is 5.69 Å². The summed E-state index contributed by atoms with van der Waals surface area (Å²) in [7, 11) is 0. The fourth-order valence-electron chi connectivity index (χ4n) is 8.70. The molecule has 0 unspecified atom stereocenters. The number of likely N-dealkylation sites (tertiary alicyclic amines) is 1. The Labute approximate surface area is 322 Å². The van der Waals surface area contributed by atoms with Crippen LogP contribution in [0, 0.1) is 17.1 Å². The molecule has 5 aromatic rings. The lowest BCUT2D eigenvalue weighted by atomic mass is 9.88. The molecular formula is C37H32F8N8O3S. The molecule has 0 radical (unpaired) electrons. The number of carbonyl (C=O) groups is 1. The number of fused-ring (bicyclic) bond motifs is 3. The van der Waals surface area contributed by atoms with Crippen molar-refractivity contribution in [3.8, 4) is 23.2 Å². The summed E-state index contributed by atoms with van der Waals surface area (Å²) in [6, 6.07) is 3.83. The van der Waals surface area contributed by atoms with Gasteiger partial charge < -0.3 is 24.8 Å². The van der Waals surface area contributed by atoms with Crippen LogP contribution in [0.25, 0.3) is 32.1 Å². The minimum Gasteiger partial charge on any atom is -0.461 e. The number of nitrogens with two attached hydrogens (primary N) is 1. The third-order valence-electron chi connectivity index (χ3n) is 11.1. The number of hydrogen-bond donors (Lipinski definition) is 1. The monoisotopic (exact) mass is 820 g/mol. The SMILES string of the molecule is CCN(c1nc(OC[C@@]23CCCN2C[C@H](F)C3)nc2c(C(F)(F)F)c(-c3ccc(F)c4sc(N)c(C#N)c34)c(C(F)(F)F)cc12)[C@H]1CCN(C(=O)c2ccon2)C1. The molecule has 300 valence electrons. The van der Waals surface area contributed by atoms with Crippen molar-refractivity contribution in [1.82, 2.24) is 24.9 Å². The number of hydrogen-bond acceptors (Lipinski definition) is 11. The number of ether oxygens (including phenoxy) is 1. The third kappa shape index (κ3) is 6.53. The number of nitrogen functional groups attached to an aromatic ring is 1. The second-order valence-electron chi connectivity index (χ2n) is 14.4. The topological polar surface area (TPSA) is 138 Å². The fourth-order valence-corrected chi connectivity index (χ4v) is 9.65. The van der Waals surface area contributed by atoms with Crippen LogP contribution in [0.3, 0.4) is 0 Å². The number of anilines is 2. The largest absolute Gasteiger partial charge is 0.461 e. The van der Waals surface area contributed by atoms with E-state index >= 15 is 30.7 Å². The van der Waals surface area contributed by atoms with Crippen LogP contribution in [0.5, 0.6) is 6.01 Å². The predicted octanol–water partition coefficient (Wildman–Crippen LogP) is 7.83. The van der Waals surface area contributed by atoms with Crippen molar-refractivity contribution in [2.24, 2.45) is 0 Å². The second-order valence-corrected chi connectivity index (χ2v) is 15.4. The van der Waals surface area contributed by atoms with E-state index in [1.54, 1.807) is 13.0 Å². The molecule has 8 rings (SSSR count). The summed E-state index contributed by atoms with van der Waals surface area (Å²) < 4.78 is 133. The molecule has 0 aliphatic carbocycles. The Hall–Kier alpha value is -5.29. The van der Waals surface area contributed by atoms with Gasteiger partial charge in [-0.1, -0.05) is 11.2 Å². The minimum atomic E-state index is -5.54. The number of thiophene rings is 1. The summed E-state index contributed by atoms with van der Waals surface area (Å²) in [4.78, 5) is 26.6. The highest BCUT2D eigenvalue weighted by Gasteiger charge is 2.50. The number of amides is 1. The lowest BCUT2D eigenvalue weighted by Gasteiger charge is -2.32. The number of rotatable bonds is 8. The van der Waals surface area contributed by atoms with Gasteiger partial charge in [-0.05, 0) is 50.4 Å². The van der Waals surface area contributed by atoms with Crippen molar-refractivity contribution in [2.75, 3.05) is 50.0 Å². The minimum absolute atomic E-state index is 0.0115. The van der Waals surface area contributed by atoms with Gasteiger partial charge in [0.25, 0.3) is 5.91 Å². The molecule has 20 heteroatoms. The number of carbonyl (C=O) groups excluding carboxylic acids is 1. The van der Waals surface area contributed by atoms with Gasteiger partial charge in [0, 0.05) is 61.0 Å². The van der Waals surface area contributed by atoms with Gasteiger partial charge in [0.2, 0.25) is 0 Å². The summed E-state index contributed by atoms with van der Waals surface area (Å²) in [5.74, 6) is -1.80. The van der Waals surface area contributed by atoms with Crippen LogP contribution in [0.1, 0.15) is 59.8 Å². The van der Waals surface area contributed by atoms with E-state index in [1.807, 2.05) is 4.90 Å². The molecule has 2 N–H and O–H groups in total. The van der Waals surface area contributed by atoms with E-state index in [0.717, 1.165) is 18.6 Å². The molecule has 3 aliphatic rings. The van der Waals surface area contributed by atoms with Crippen LogP contribution in [-0.4, -0.2) is 87.9 Å². The van der Waals surface area contributed by atoms with Crippen molar-refractivity contribution in [1.29, 1.82) is 5.26 Å². The Bertz CT molecular complexity index is 2430. The number of likely N-dealkylation sites (N-methyl/N-ethyl adjacent to an activating group) is 1. The van der Waals surface area contributed by atoms with Crippen LogP contribution in [0.4, 0.5) is 45.9 Å². The van der Waals surface area contributed by atoms with Gasteiger partial charge in [-0.25, -0.2) is 8.78 Å². The summed E-state index contributed by atoms with van der Waals surface area (Å²) in [6.45, 7) is 2.36. The quantitative estimate of drug-likeness (QED) is 0.154. The van der Waals surface area contributed by atoms with Gasteiger partial charge >= 0.3 is 18.4 Å². The fraction of sp³-hybridized carbons (Fsp3) is 0.432. The average Bonchev–Trinajstić information content (AvgIpc) is 3.99. The normalized spacial score (nSPS) is 21.4. The highest BCUT2D eigenvalue weighted by atomic mass is 32.1. The van der Waals surface area contributed by atoms with Gasteiger partial charge in [-0.15, -0.1) is 11.3 Å². The summed E-state index contributed by atoms with van der Waals surface area (Å²) in [5, 5.41) is 12.2. The first-order chi connectivity index (χ1) is 27.0. The smallest absolute Gasteiger partial charge is 0.419 e. The molecule has 0 spiro atoms. The van der Waals surface area contributed by atoms with E-state index in [4.69, 9.17) is 15.0 Å². The van der Waals surface area contributed by atoms with E-state index in [9.17, 15) is 14.4 Å². The number of aromatic nitrogens is 3. The molecule has 11 nitrogen and oxygen atoms in total. The third-order valence-corrected chi connectivity index (χ3v) is 12.2. The highest BCUT2D eigenvalue weighted by molar-refractivity contribution is 7.23. The first kappa shape index (κ1) is 38.6. The Morgan fingerprint density at radius 3 is 2.63 bits per heavy atom. The van der Waals surface area contributed by atoms with Crippen LogP contribution in [0.15, 0.2) is 35.1 Å². The van der Waals surface area contributed by atoms with Gasteiger partial charge in [-0.3, -0.25) is 9.69 Å². The highest BCUT2D eigenvalue weighted by Crippen LogP contribution is 2.52. The lowest BCUT2D eigenvalue weighted by molar-refractivity contribution is -0.141. The van der Waals surface area contributed by atoms with Gasteiger partial charge in [0.1, 0.15) is 41.7 Å². The van der Waals surface area contributed by atoms with Crippen LogP contribution < -0.4 is 15.4 Å². The number of alkyl halides is 7. The van der Waals surface area contributed by atoms with Crippen LogP contribution in [-0.2, 0) is 12.4 Å². The van der Waals surface area contributed by atoms with E-state index in [2.05, 4.69) is 15.1 Å². The zero-order valence-electron chi connectivity index (χ0n) is 30.0. The second kappa shape index (κ2) is 14.0. The van der Waals surface area contributed by atoms with Crippen molar-refractivity contribution in [3.63, 3.8) is 0 Å². The molecule has 3 aromatic heterocycles. The summed E-state index contributed by atoms with van der Waals surface area (Å²) in [5.41, 5.74) is -1.95. The molecule has 57 heavy (non-hydrogen) atoms. The number of nitriles is 1. The molecule has 0 bridgehead atoms. The Morgan fingerprint density at radius 2 is 1.95 bits per heavy atom. The molecule has 3 atom stereocenters. The number of benzene rings is 2. The van der Waals surface area contributed by atoms with Gasteiger partial charge in [0.05, 0.1) is 32.4 Å². The molecule has 0 saturated carbocycles. The Balaban J connectivity index is 1.37. The van der Waals surface area contributed by atoms with E-state index in [1.165, 1.54) is 22.1 Å². The predicted molar refractivity (Wildman–Crippen MR) is 192 cm³/mol. The lowest BCUT2D eigenvalue weighted by Crippen LogP contribution is -2.43. The van der Waals surface area contributed by atoms with E-state index < -0.39 is 96.6 Å². The maximum atomic E-state index is 15.7. The van der Waals surface area contributed by atoms with Crippen LogP contribution >= 0.6 is 11.3 Å². The standard InChI is InChI=1S/C37H32F8N8O3S/c1-2-53(19-6-10-51(16-19)33(54)25-7-11-56-50-25)32-21-12-23(36(40,41)42)27(20-4-5-24(39)30-26(20)22(14-46)31(47)57-30)28(37(43,44)45)29(21)48-34(49-32)55-17-35-8-3-9-52(35)15-18(38)13-35/h4-5,7,11-12,18-19H,2-3,6,8-10,13,15-17,47H2,1H3/t18-,19+,35+/m1/s1. The zero-order valence-corrected chi connectivity index (χ0v) is 30.8. The zero-order chi connectivity index (χ0) is 40.6. The summed E-state index contributed by atoms with van der Waals surface area (Å²) in [6.07, 6.45) is -9.31. The maximum absolute atomic E-state index is 15.7. The molecule has 6 heterocycles. The molecule has 1 amide bonds. The Kier molecular flexibility index (Phi) is 9.45. The van der Waals surface area contributed by atoms with E-state index in [-0.39, 0.29) is 62.1 Å².